The second-order valence-corrected chi connectivity index (χ2v) is 10.0. The lowest BCUT2D eigenvalue weighted by atomic mass is 10.1. The van der Waals surface area contributed by atoms with Gasteiger partial charge in [0.05, 0.1) is 6.20 Å². The molecule has 1 atom stereocenters. The third-order valence-electron chi connectivity index (χ3n) is 4.40. The van der Waals surface area contributed by atoms with E-state index in [9.17, 15) is 13.2 Å². The fraction of sp³-hybridized carbons (Fsp3) is 0.412. The van der Waals surface area contributed by atoms with Gasteiger partial charge in [-0.05, 0) is 55.4 Å². The Morgan fingerprint density at radius 3 is 2.69 bits per heavy atom. The highest BCUT2D eigenvalue weighted by Gasteiger charge is 2.37. The lowest BCUT2D eigenvalue weighted by Gasteiger charge is -2.29. The first-order valence-corrected chi connectivity index (χ1v) is 11.4. The number of benzene rings is 1. The maximum atomic E-state index is 13.3. The van der Waals surface area contributed by atoms with Crippen LogP contribution in [0.2, 0.25) is 0 Å². The third kappa shape index (κ3) is 4.16. The molecule has 3 rings (SSSR count). The van der Waals surface area contributed by atoms with Gasteiger partial charge in [-0.15, -0.1) is 0 Å². The SMILES string of the molecule is Cc1sncc1S(=O)(=O)N(Cc1ccc(Br)cc1)C1CCCCNC1=O. The number of nitrogens with one attached hydrogen (secondary N) is 1. The van der Waals surface area contributed by atoms with Crippen molar-refractivity contribution in [2.75, 3.05) is 6.54 Å². The van der Waals surface area contributed by atoms with Gasteiger partial charge in [-0.1, -0.05) is 28.1 Å². The molecular weight excluding hydrogens is 438 g/mol. The highest BCUT2D eigenvalue weighted by Crippen LogP contribution is 2.28. The molecule has 1 aliphatic heterocycles. The number of aromatic nitrogens is 1. The van der Waals surface area contributed by atoms with Crippen LogP contribution in [0.3, 0.4) is 0 Å². The summed E-state index contributed by atoms with van der Waals surface area (Å²) in [4.78, 5) is 13.4. The molecule has 1 amide bonds. The molecule has 2 aromatic rings. The monoisotopic (exact) mass is 457 g/mol. The Bertz CT molecular complexity index is 881. The van der Waals surface area contributed by atoms with Crippen molar-refractivity contribution in [1.82, 2.24) is 14.0 Å². The summed E-state index contributed by atoms with van der Waals surface area (Å²) >= 11 is 4.53. The van der Waals surface area contributed by atoms with Crippen molar-refractivity contribution < 1.29 is 13.2 Å². The van der Waals surface area contributed by atoms with E-state index < -0.39 is 16.1 Å². The Morgan fingerprint density at radius 2 is 2.04 bits per heavy atom. The summed E-state index contributed by atoms with van der Waals surface area (Å²) < 4.78 is 32.9. The van der Waals surface area contributed by atoms with Crippen LogP contribution >= 0.6 is 27.5 Å². The van der Waals surface area contributed by atoms with Crippen LogP contribution in [-0.4, -0.2) is 35.6 Å². The molecule has 1 aromatic carbocycles. The van der Waals surface area contributed by atoms with Gasteiger partial charge in [0.15, 0.2) is 0 Å². The van der Waals surface area contributed by atoms with Crippen LogP contribution in [0, 0.1) is 6.92 Å². The molecule has 0 bridgehead atoms. The van der Waals surface area contributed by atoms with Gasteiger partial charge in [0.2, 0.25) is 15.9 Å². The van der Waals surface area contributed by atoms with Crippen molar-refractivity contribution in [3.8, 4) is 0 Å². The average Bonchev–Trinajstić information content (AvgIpc) is 2.94. The normalized spacial score (nSPS) is 18.6. The van der Waals surface area contributed by atoms with Crippen molar-refractivity contribution in [3.63, 3.8) is 0 Å². The van der Waals surface area contributed by atoms with Crippen LogP contribution in [0.4, 0.5) is 0 Å². The van der Waals surface area contributed by atoms with Crippen LogP contribution in [0.25, 0.3) is 0 Å². The van der Waals surface area contributed by atoms with Gasteiger partial charge in [0.25, 0.3) is 0 Å². The van der Waals surface area contributed by atoms with E-state index in [2.05, 4.69) is 25.6 Å². The summed E-state index contributed by atoms with van der Waals surface area (Å²) in [5.41, 5.74) is 0.828. The van der Waals surface area contributed by atoms with Gasteiger partial charge in [-0.2, -0.15) is 8.68 Å². The van der Waals surface area contributed by atoms with Gasteiger partial charge in [0, 0.05) is 22.4 Å². The van der Waals surface area contributed by atoms with Crippen LogP contribution in [0.15, 0.2) is 39.8 Å². The Kier molecular flexibility index (Phi) is 6.11. The molecule has 0 radical (unpaired) electrons. The van der Waals surface area contributed by atoms with E-state index in [0.717, 1.165) is 34.4 Å². The number of aryl methyl sites for hydroxylation is 1. The highest BCUT2D eigenvalue weighted by atomic mass is 79.9. The number of carbonyl (C=O) groups is 1. The van der Waals surface area contributed by atoms with Gasteiger partial charge >= 0.3 is 0 Å². The van der Waals surface area contributed by atoms with Gasteiger partial charge in [-0.3, -0.25) is 4.79 Å². The smallest absolute Gasteiger partial charge is 0.246 e. The Balaban J connectivity index is 2.01. The number of sulfonamides is 1. The molecule has 6 nitrogen and oxygen atoms in total. The van der Waals surface area contributed by atoms with Crippen LogP contribution < -0.4 is 5.32 Å². The quantitative estimate of drug-likeness (QED) is 0.747. The Hall–Kier alpha value is -1.29. The minimum absolute atomic E-state index is 0.142. The maximum Gasteiger partial charge on any atom is 0.246 e. The van der Waals surface area contributed by atoms with E-state index in [0.29, 0.717) is 17.8 Å². The Labute approximate surface area is 166 Å². The number of halogens is 1. The topological polar surface area (TPSA) is 79.4 Å². The van der Waals surface area contributed by atoms with Gasteiger partial charge in [0.1, 0.15) is 10.9 Å². The van der Waals surface area contributed by atoms with Crippen molar-refractivity contribution in [3.05, 3.63) is 45.4 Å². The van der Waals surface area contributed by atoms with Crippen LogP contribution in [0.5, 0.6) is 0 Å². The largest absolute Gasteiger partial charge is 0.355 e. The number of hydrogen-bond donors (Lipinski definition) is 1. The maximum absolute atomic E-state index is 13.3. The molecule has 0 aliphatic carbocycles. The molecule has 26 heavy (non-hydrogen) atoms. The second kappa shape index (κ2) is 8.16. The summed E-state index contributed by atoms with van der Waals surface area (Å²) in [5.74, 6) is -0.232. The van der Waals surface area contributed by atoms with Crippen LogP contribution in [0.1, 0.15) is 29.7 Å². The van der Waals surface area contributed by atoms with Crippen molar-refractivity contribution >= 4 is 43.4 Å². The molecule has 1 saturated heterocycles. The zero-order chi connectivity index (χ0) is 18.7. The summed E-state index contributed by atoms with van der Waals surface area (Å²) in [6, 6.07) is 6.74. The fourth-order valence-corrected chi connectivity index (χ4v) is 5.87. The predicted molar refractivity (Wildman–Crippen MR) is 104 cm³/mol. The summed E-state index contributed by atoms with van der Waals surface area (Å²) in [5, 5.41) is 2.84. The first-order chi connectivity index (χ1) is 12.4. The lowest BCUT2D eigenvalue weighted by molar-refractivity contribution is -0.124. The summed E-state index contributed by atoms with van der Waals surface area (Å²) in [6.07, 6.45) is 3.54. The van der Waals surface area contributed by atoms with E-state index in [1.807, 2.05) is 24.3 Å². The minimum Gasteiger partial charge on any atom is -0.355 e. The number of rotatable bonds is 5. The van der Waals surface area contributed by atoms with E-state index in [-0.39, 0.29) is 17.3 Å². The summed E-state index contributed by atoms with van der Waals surface area (Å²) in [6.45, 7) is 2.46. The van der Waals surface area contributed by atoms with Crippen LogP contribution in [-0.2, 0) is 21.4 Å². The Morgan fingerprint density at radius 1 is 1.31 bits per heavy atom. The van der Waals surface area contributed by atoms with E-state index >= 15 is 0 Å². The van der Waals surface area contributed by atoms with E-state index in [1.165, 1.54) is 10.5 Å². The first kappa shape index (κ1) is 19.5. The molecule has 1 unspecified atom stereocenters. The first-order valence-electron chi connectivity index (χ1n) is 8.35. The number of carbonyl (C=O) groups excluding carboxylic acids is 1. The molecule has 1 fully saturated rings. The molecular formula is C17H20BrN3O3S2. The molecule has 0 spiro atoms. The number of hydrogen-bond acceptors (Lipinski definition) is 5. The number of nitrogens with zero attached hydrogens (tertiary/aromatic N) is 2. The number of amides is 1. The highest BCUT2D eigenvalue weighted by molar-refractivity contribution is 9.10. The minimum atomic E-state index is -3.84. The molecule has 1 aromatic heterocycles. The molecule has 140 valence electrons. The third-order valence-corrected chi connectivity index (χ3v) is 7.73. The average molecular weight is 458 g/mol. The van der Waals surface area contributed by atoms with Crippen molar-refractivity contribution in [1.29, 1.82) is 0 Å². The predicted octanol–water partition coefficient (Wildman–Crippen LogP) is 3.07. The van der Waals surface area contributed by atoms with Gasteiger partial charge in [-0.25, -0.2) is 8.42 Å². The van der Waals surface area contributed by atoms with Gasteiger partial charge < -0.3 is 5.32 Å². The lowest BCUT2D eigenvalue weighted by Crippen LogP contribution is -2.48. The molecule has 0 saturated carbocycles. The zero-order valence-corrected chi connectivity index (χ0v) is 17.5. The molecule has 1 N–H and O–H groups in total. The molecule has 1 aliphatic rings. The standard InChI is InChI=1S/C17H20BrN3O3S2/c1-12-16(10-20-25-12)26(23,24)21(11-13-5-7-14(18)8-6-13)15-4-2-3-9-19-17(15)22/h5-8,10,15H,2-4,9,11H2,1H3,(H,19,22). The molecule has 9 heteroatoms. The fourth-order valence-electron chi connectivity index (χ4n) is 2.99. The summed E-state index contributed by atoms with van der Waals surface area (Å²) in [7, 11) is -3.84. The zero-order valence-electron chi connectivity index (χ0n) is 14.3. The van der Waals surface area contributed by atoms with E-state index in [4.69, 9.17) is 0 Å². The second-order valence-electron chi connectivity index (χ2n) is 6.23. The van der Waals surface area contributed by atoms with Crippen molar-refractivity contribution in [2.24, 2.45) is 0 Å². The molecule has 2 heterocycles. The van der Waals surface area contributed by atoms with E-state index in [1.54, 1.807) is 6.92 Å². The van der Waals surface area contributed by atoms with Crippen molar-refractivity contribution in [2.45, 2.75) is 43.7 Å².